The first-order valence-electron chi connectivity index (χ1n) is 21.5. The zero-order valence-corrected chi connectivity index (χ0v) is 39.7. The van der Waals surface area contributed by atoms with E-state index in [4.69, 9.17) is 37.9 Å². The van der Waals surface area contributed by atoms with E-state index in [1.54, 1.807) is 45.4 Å². The molecule has 0 amide bonds. The highest BCUT2D eigenvalue weighted by Gasteiger charge is 2.42. The van der Waals surface area contributed by atoms with Crippen LogP contribution in [0.5, 0.6) is 5.75 Å². The number of methoxy groups -OCH3 is 2. The summed E-state index contributed by atoms with van der Waals surface area (Å²) in [7, 11) is 3.47. The summed E-state index contributed by atoms with van der Waals surface area (Å²) >= 11 is 0. The molecule has 4 heterocycles. The van der Waals surface area contributed by atoms with Crippen molar-refractivity contribution < 1.29 is 74.6 Å². The van der Waals surface area contributed by atoms with Crippen LogP contribution in [-0.4, -0.2) is 118 Å². The largest absolute Gasteiger partial charge is 0.461 e. The summed E-state index contributed by atoms with van der Waals surface area (Å²) in [5.74, 6) is -3.27. The second-order valence-corrected chi connectivity index (χ2v) is 16.8. The number of carbonyl (C=O) groups excluding carboxylic acids is 3. The Morgan fingerprint density at radius 3 is 1.29 bits per heavy atom. The molecule has 0 radical (unpaired) electrons. The summed E-state index contributed by atoms with van der Waals surface area (Å²) in [6.45, 7) is 29.8. The van der Waals surface area contributed by atoms with E-state index in [2.05, 4.69) is 44.9 Å². The molecule has 0 spiro atoms. The minimum absolute atomic E-state index is 0.0581. The number of benzene rings is 2. The number of para-hydroxylation sites is 1. The third-order valence-electron chi connectivity index (χ3n) is 10.7. The molecule has 12 nitrogen and oxygen atoms in total. The zero-order valence-electron chi connectivity index (χ0n) is 39.7. The Labute approximate surface area is 388 Å². The molecule has 2 aromatic rings. The van der Waals surface area contributed by atoms with Crippen LogP contribution < -0.4 is 4.74 Å². The first-order valence-corrected chi connectivity index (χ1v) is 21.5. The van der Waals surface area contributed by atoms with Crippen LogP contribution in [0.15, 0.2) is 104 Å². The van der Waals surface area contributed by atoms with Gasteiger partial charge in [-0.1, -0.05) is 109 Å². The summed E-state index contributed by atoms with van der Waals surface area (Å²) in [4.78, 5) is 32.7. The lowest BCUT2D eigenvalue weighted by Gasteiger charge is -2.39. The Morgan fingerprint density at radius 2 is 1.03 bits per heavy atom. The normalized spacial score (nSPS) is 17.1. The van der Waals surface area contributed by atoms with Crippen molar-refractivity contribution >= 4 is 24.0 Å². The molecule has 16 heteroatoms. The maximum atomic E-state index is 12.2. The van der Waals surface area contributed by atoms with Gasteiger partial charge in [0, 0.05) is 30.6 Å². The Kier molecular flexibility index (Phi) is 26.8. The Hall–Kier alpha value is -4.71. The number of halogens is 4. The van der Waals surface area contributed by atoms with Crippen LogP contribution in [0.4, 0.5) is 17.6 Å². The van der Waals surface area contributed by atoms with Gasteiger partial charge in [0.15, 0.2) is 0 Å². The fraction of sp³-hybridized carbons (Fsp3) is 0.540. The summed E-state index contributed by atoms with van der Waals surface area (Å²) in [6.07, 6.45) is -0.175. The molecule has 0 aliphatic carbocycles. The second-order valence-electron chi connectivity index (χ2n) is 16.8. The molecule has 6 rings (SSSR count). The first kappa shape index (κ1) is 59.3. The minimum Gasteiger partial charge on any atom is -0.461 e. The first-order chi connectivity index (χ1) is 31.1. The van der Waals surface area contributed by atoms with E-state index in [1.165, 1.54) is 12.0 Å². The molecule has 4 fully saturated rings. The van der Waals surface area contributed by atoms with Gasteiger partial charge in [-0.25, -0.2) is 14.4 Å². The van der Waals surface area contributed by atoms with Crippen LogP contribution >= 0.6 is 0 Å². The van der Waals surface area contributed by atoms with Crippen molar-refractivity contribution in [3.63, 3.8) is 0 Å². The fourth-order valence-electron chi connectivity index (χ4n) is 5.52. The summed E-state index contributed by atoms with van der Waals surface area (Å²) in [5, 5.41) is 0. The van der Waals surface area contributed by atoms with Gasteiger partial charge >= 0.3 is 24.1 Å². The van der Waals surface area contributed by atoms with Crippen LogP contribution in [0.1, 0.15) is 59.4 Å². The molecule has 0 atom stereocenters. The topological polar surface area (TPSA) is 134 Å². The molecule has 0 aromatic heterocycles. The molecule has 0 saturated carbocycles. The summed E-state index contributed by atoms with van der Waals surface area (Å²) in [6, 6.07) is 18.9. The van der Waals surface area contributed by atoms with Crippen molar-refractivity contribution in [3.8, 4) is 5.75 Å². The SMILES string of the molecule is C=C(C(=O)OCC1(CC)COC1)C(F)(F)F.C=C(C)C(=O)Oc1ccccc1.C=C(F)C(=O)OCC1(CC)COC1.C=Cc1ccccc1.CCC1(COC)COC1.COCC1(C)COC1. The van der Waals surface area contributed by atoms with Crippen LogP contribution in [0, 0.1) is 21.7 Å². The maximum Gasteiger partial charge on any atom is 0.422 e. The molecule has 370 valence electrons. The lowest BCUT2D eigenvalue weighted by Crippen LogP contribution is -2.46. The third kappa shape index (κ3) is 21.7. The average molecular weight is 939 g/mol. The lowest BCUT2D eigenvalue weighted by molar-refractivity contribution is -0.173. The van der Waals surface area contributed by atoms with E-state index in [0.29, 0.717) is 55.0 Å². The molecular weight excluding hydrogens is 869 g/mol. The number of esters is 3. The van der Waals surface area contributed by atoms with Crippen molar-refractivity contribution in [2.75, 3.05) is 93.5 Å². The van der Waals surface area contributed by atoms with Crippen LogP contribution in [-0.2, 0) is 52.3 Å². The van der Waals surface area contributed by atoms with Crippen molar-refractivity contribution in [3.05, 3.63) is 110 Å². The highest BCUT2D eigenvalue weighted by Crippen LogP contribution is 2.34. The van der Waals surface area contributed by atoms with E-state index < -0.39 is 29.5 Å². The van der Waals surface area contributed by atoms with Crippen molar-refractivity contribution in [1.29, 1.82) is 0 Å². The van der Waals surface area contributed by atoms with Crippen LogP contribution in [0.25, 0.3) is 6.08 Å². The molecule has 66 heavy (non-hydrogen) atoms. The molecule has 4 aliphatic rings. The Morgan fingerprint density at radius 1 is 0.636 bits per heavy atom. The summed E-state index contributed by atoms with van der Waals surface area (Å²) in [5.41, 5.74) is 0.390. The smallest absolute Gasteiger partial charge is 0.422 e. The molecule has 2 aromatic carbocycles. The van der Waals surface area contributed by atoms with Crippen LogP contribution in [0.3, 0.4) is 0 Å². The van der Waals surface area contributed by atoms with E-state index in [1.807, 2.05) is 56.3 Å². The van der Waals surface area contributed by atoms with Crippen molar-refractivity contribution in [1.82, 2.24) is 0 Å². The highest BCUT2D eigenvalue weighted by atomic mass is 19.4. The second kappa shape index (κ2) is 29.8. The van der Waals surface area contributed by atoms with E-state index >= 15 is 0 Å². The molecule has 0 unspecified atom stereocenters. The van der Waals surface area contributed by atoms with Crippen molar-refractivity contribution in [2.24, 2.45) is 21.7 Å². The average Bonchev–Trinajstić information content (AvgIpc) is 3.25. The summed E-state index contributed by atoms with van der Waals surface area (Å²) < 4.78 is 92.8. The zero-order chi connectivity index (χ0) is 49.9. The monoisotopic (exact) mass is 938 g/mol. The molecule has 0 N–H and O–H groups in total. The van der Waals surface area contributed by atoms with Gasteiger partial charge in [0.2, 0.25) is 5.83 Å². The van der Waals surface area contributed by atoms with Gasteiger partial charge in [0.25, 0.3) is 0 Å². The van der Waals surface area contributed by atoms with E-state index in [-0.39, 0.29) is 30.0 Å². The predicted molar refractivity (Wildman–Crippen MR) is 244 cm³/mol. The van der Waals surface area contributed by atoms with Gasteiger partial charge in [-0.2, -0.15) is 17.6 Å². The molecule has 4 saturated heterocycles. The van der Waals surface area contributed by atoms with Gasteiger partial charge in [-0.15, -0.1) is 0 Å². The maximum absolute atomic E-state index is 12.2. The van der Waals surface area contributed by atoms with Gasteiger partial charge in [0.05, 0.1) is 76.9 Å². The Balaban J connectivity index is 0.000000403. The standard InChI is InChI=1S/C10H13F3O3.C10H10O2.C9H13FO3.C8H8.C7H14O2.C6H12O2/c1-3-9(4-15-5-9)6-16-8(14)7(2)10(11,12)13;1-8(2)10(11)12-9-6-4-3-5-7-9;1-3-9(4-12-5-9)6-13-8(11)7(2)10;1-2-8-6-4-3-5-7-8;1-3-7(4-8-2)5-9-6-7;1-6(3-7-2)4-8-5-6/h2-6H2,1H3;3-7H,1H2,2H3;2-6H2,1H3;2-7H,1H2;3-6H2,1-2H3;3-5H2,1-2H3. The number of hydrogen-bond acceptors (Lipinski definition) is 12. The van der Waals surface area contributed by atoms with Crippen molar-refractivity contribution in [2.45, 2.75) is 60.1 Å². The van der Waals surface area contributed by atoms with Gasteiger partial charge in [-0.05, 0) is 43.9 Å². The quantitative estimate of drug-likeness (QED) is 0.0687. The molecular formula is C50H70F4O12. The highest BCUT2D eigenvalue weighted by molar-refractivity contribution is 5.89. The van der Waals surface area contributed by atoms with E-state index in [9.17, 15) is 31.9 Å². The third-order valence-corrected chi connectivity index (χ3v) is 10.7. The Bertz CT molecular complexity index is 1770. The van der Waals surface area contributed by atoms with Gasteiger partial charge in [0.1, 0.15) is 24.5 Å². The molecule has 4 aliphatic heterocycles. The lowest BCUT2D eigenvalue weighted by atomic mass is 9.84. The van der Waals surface area contributed by atoms with Crippen LogP contribution in [0.2, 0.25) is 0 Å². The van der Waals surface area contributed by atoms with E-state index in [0.717, 1.165) is 46.1 Å². The predicted octanol–water partition coefficient (Wildman–Crippen LogP) is 9.74. The number of rotatable bonds is 16. The fourth-order valence-corrected chi connectivity index (χ4v) is 5.52. The van der Waals surface area contributed by atoms with Gasteiger partial charge in [-0.3, -0.25) is 0 Å². The number of hydrogen-bond donors (Lipinski definition) is 0. The number of ether oxygens (including phenoxy) is 9. The minimum atomic E-state index is -4.73. The number of alkyl halides is 3. The van der Waals surface area contributed by atoms with Gasteiger partial charge < -0.3 is 42.6 Å². The molecule has 0 bridgehead atoms. The number of carbonyl (C=O) groups is 3.